The lowest BCUT2D eigenvalue weighted by molar-refractivity contribution is -0.138. The number of amides is 3. The third-order valence-electron chi connectivity index (χ3n) is 7.45. The van der Waals surface area contributed by atoms with Gasteiger partial charge in [0.15, 0.2) is 0 Å². The second-order valence-electron chi connectivity index (χ2n) is 9.48. The Morgan fingerprint density at radius 3 is 2.39 bits per heavy atom. The van der Waals surface area contributed by atoms with E-state index in [4.69, 9.17) is 0 Å². The SMILES string of the molecule is O=C(NCC1(c2ccccc2)CCCC1)[C@H]1CCC(=O)N(CCCN2CCCC2=O)C1. The van der Waals surface area contributed by atoms with Crippen LogP contribution in [0.5, 0.6) is 0 Å². The van der Waals surface area contributed by atoms with Crippen LogP contribution in [0.4, 0.5) is 0 Å². The molecular weight excluding hydrogens is 390 g/mol. The molecule has 1 aromatic carbocycles. The fraction of sp³-hybridized carbons (Fsp3) is 0.640. The first-order chi connectivity index (χ1) is 15.1. The van der Waals surface area contributed by atoms with Gasteiger partial charge in [-0.15, -0.1) is 0 Å². The normalized spacial score (nSPS) is 23.4. The van der Waals surface area contributed by atoms with Crippen molar-refractivity contribution in [2.24, 2.45) is 5.92 Å². The molecule has 3 fully saturated rings. The molecule has 168 valence electrons. The molecule has 0 aromatic heterocycles. The lowest BCUT2D eigenvalue weighted by Gasteiger charge is -2.34. The van der Waals surface area contributed by atoms with Gasteiger partial charge in [-0.05, 0) is 37.7 Å². The van der Waals surface area contributed by atoms with Crippen molar-refractivity contribution >= 4 is 17.7 Å². The predicted octanol–water partition coefficient (Wildman–Crippen LogP) is 2.87. The Bertz CT molecular complexity index is 788. The molecule has 3 amide bonds. The van der Waals surface area contributed by atoms with Gasteiger partial charge in [-0.3, -0.25) is 14.4 Å². The summed E-state index contributed by atoms with van der Waals surface area (Å²) in [5.74, 6) is 0.296. The standard InChI is InChI=1S/C25H35N3O3/c29-22-10-6-15-27(22)16-7-17-28-18-20(11-12-23(28)30)24(31)26-19-25(13-4-5-14-25)21-8-2-1-3-9-21/h1-3,8-9,20H,4-7,10-19H2,(H,26,31)/t20-/m0/s1. The molecule has 2 aliphatic heterocycles. The van der Waals surface area contributed by atoms with Crippen LogP contribution in [0.1, 0.15) is 63.4 Å². The van der Waals surface area contributed by atoms with E-state index in [-0.39, 0.29) is 29.1 Å². The molecule has 2 saturated heterocycles. The topological polar surface area (TPSA) is 69.7 Å². The molecule has 0 bridgehead atoms. The molecule has 1 saturated carbocycles. The maximum Gasteiger partial charge on any atom is 0.224 e. The average Bonchev–Trinajstić information content (AvgIpc) is 3.44. The summed E-state index contributed by atoms with van der Waals surface area (Å²) in [4.78, 5) is 40.9. The summed E-state index contributed by atoms with van der Waals surface area (Å²) in [5.41, 5.74) is 1.37. The molecule has 31 heavy (non-hydrogen) atoms. The van der Waals surface area contributed by atoms with E-state index < -0.39 is 0 Å². The van der Waals surface area contributed by atoms with Crippen molar-refractivity contribution in [2.75, 3.05) is 32.7 Å². The lowest BCUT2D eigenvalue weighted by atomic mass is 9.78. The molecule has 6 nitrogen and oxygen atoms in total. The van der Waals surface area contributed by atoms with Crippen LogP contribution >= 0.6 is 0 Å². The van der Waals surface area contributed by atoms with E-state index >= 15 is 0 Å². The average molecular weight is 426 g/mol. The number of rotatable bonds is 8. The molecule has 1 aromatic rings. The quantitative estimate of drug-likeness (QED) is 0.696. The van der Waals surface area contributed by atoms with Crippen LogP contribution in [0.25, 0.3) is 0 Å². The molecule has 1 N–H and O–H groups in total. The molecule has 0 unspecified atom stereocenters. The van der Waals surface area contributed by atoms with Gasteiger partial charge in [-0.1, -0.05) is 43.2 Å². The Kier molecular flexibility index (Phi) is 6.93. The van der Waals surface area contributed by atoms with E-state index in [1.807, 2.05) is 15.9 Å². The van der Waals surface area contributed by atoms with Crippen LogP contribution in [0.3, 0.4) is 0 Å². The Morgan fingerprint density at radius 2 is 1.68 bits per heavy atom. The summed E-state index contributed by atoms with van der Waals surface area (Å²) < 4.78 is 0. The first-order valence-electron chi connectivity index (χ1n) is 12.0. The van der Waals surface area contributed by atoms with Crippen molar-refractivity contribution in [1.29, 1.82) is 0 Å². The van der Waals surface area contributed by atoms with E-state index in [9.17, 15) is 14.4 Å². The fourth-order valence-electron chi connectivity index (χ4n) is 5.55. The Hall–Kier alpha value is -2.37. The van der Waals surface area contributed by atoms with Gasteiger partial charge in [-0.2, -0.15) is 0 Å². The third kappa shape index (κ3) is 5.10. The zero-order valence-electron chi connectivity index (χ0n) is 18.5. The molecule has 3 aliphatic rings. The molecule has 1 aliphatic carbocycles. The van der Waals surface area contributed by atoms with Gasteiger partial charge in [0.2, 0.25) is 17.7 Å². The highest BCUT2D eigenvalue weighted by Gasteiger charge is 2.37. The first kappa shape index (κ1) is 21.8. The number of benzene rings is 1. The van der Waals surface area contributed by atoms with E-state index in [1.165, 1.54) is 18.4 Å². The van der Waals surface area contributed by atoms with E-state index in [0.717, 1.165) is 32.2 Å². The number of carbonyl (C=O) groups is 3. The number of nitrogens with zero attached hydrogens (tertiary/aromatic N) is 2. The Labute approximate surface area is 185 Å². The van der Waals surface area contributed by atoms with Crippen molar-refractivity contribution in [2.45, 2.75) is 63.2 Å². The summed E-state index contributed by atoms with van der Waals surface area (Å²) in [5, 5.41) is 3.25. The maximum absolute atomic E-state index is 13.0. The summed E-state index contributed by atoms with van der Waals surface area (Å²) in [7, 11) is 0. The number of hydrogen-bond acceptors (Lipinski definition) is 3. The van der Waals surface area contributed by atoms with Crippen LogP contribution in [0.2, 0.25) is 0 Å². The second-order valence-corrected chi connectivity index (χ2v) is 9.48. The van der Waals surface area contributed by atoms with Gasteiger partial charge in [0.05, 0.1) is 5.92 Å². The molecule has 4 rings (SSSR count). The van der Waals surface area contributed by atoms with Crippen molar-refractivity contribution in [3.63, 3.8) is 0 Å². The van der Waals surface area contributed by atoms with Gasteiger partial charge in [0.1, 0.15) is 0 Å². The van der Waals surface area contributed by atoms with Crippen LogP contribution < -0.4 is 5.32 Å². The summed E-state index contributed by atoms with van der Waals surface area (Å²) >= 11 is 0. The molecule has 2 heterocycles. The monoisotopic (exact) mass is 425 g/mol. The van der Waals surface area contributed by atoms with Crippen molar-refractivity contribution in [3.8, 4) is 0 Å². The maximum atomic E-state index is 13.0. The van der Waals surface area contributed by atoms with Gasteiger partial charge < -0.3 is 15.1 Å². The van der Waals surface area contributed by atoms with Crippen LogP contribution in [0.15, 0.2) is 30.3 Å². The fourth-order valence-corrected chi connectivity index (χ4v) is 5.55. The largest absolute Gasteiger partial charge is 0.355 e. The minimum Gasteiger partial charge on any atom is -0.355 e. The summed E-state index contributed by atoms with van der Waals surface area (Å²) in [6.07, 6.45) is 8.07. The summed E-state index contributed by atoms with van der Waals surface area (Å²) in [6, 6.07) is 10.6. The van der Waals surface area contributed by atoms with Crippen molar-refractivity contribution in [3.05, 3.63) is 35.9 Å². The number of carbonyl (C=O) groups excluding carboxylic acids is 3. The Balaban J connectivity index is 1.29. The summed E-state index contributed by atoms with van der Waals surface area (Å²) in [6.45, 7) is 3.34. The van der Waals surface area contributed by atoms with Gasteiger partial charge in [-0.25, -0.2) is 0 Å². The molecular formula is C25H35N3O3. The minimum absolute atomic E-state index is 0.0450. The second kappa shape index (κ2) is 9.84. The predicted molar refractivity (Wildman–Crippen MR) is 119 cm³/mol. The molecule has 0 radical (unpaired) electrons. The highest BCUT2D eigenvalue weighted by Crippen LogP contribution is 2.40. The van der Waals surface area contributed by atoms with E-state index in [1.54, 1.807) is 0 Å². The highest BCUT2D eigenvalue weighted by atomic mass is 16.2. The van der Waals surface area contributed by atoms with Crippen LogP contribution in [-0.4, -0.2) is 60.2 Å². The van der Waals surface area contributed by atoms with Gasteiger partial charge in [0, 0.05) is 51.0 Å². The van der Waals surface area contributed by atoms with Crippen LogP contribution in [-0.2, 0) is 19.8 Å². The number of likely N-dealkylation sites (tertiary alicyclic amines) is 2. The van der Waals surface area contributed by atoms with Crippen molar-refractivity contribution < 1.29 is 14.4 Å². The first-order valence-corrected chi connectivity index (χ1v) is 12.0. The number of nitrogens with one attached hydrogen (secondary N) is 1. The van der Waals surface area contributed by atoms with Crippen molar-refractivity contribution in [1.82, 2.24) is 15.1 Å². The zero-order chi connectivity index (χ0) is 21.7. The minimum atomic E-state index is -0.139. The van der Waals surface area contributed by atoms with Gasteiger partial charge >= 0.3 is 0 Å². The van der Waals surface area contributed by atoms with Gasteiger partial charge in [0.25, 0.3) is 0 Å². The Morgan fingerprint density at radius 1 is 0.968 bits per heavy atom. The lowest BCUT2D eigenvalue weighted by Crippen LogP contribution is -2.48. The number of hydrogen-bond donors (Lipinski definition) is 1. The molecule has 1 atom stereocenters. The smallest absolute Gasteiger partial charge is 0.224 e. The van der Waals surface area contributed by atoms with E-state index in [0.29, 0.717) is 45.4 Å². The van der Waals surface area contributed by atoms with Crippen LogP contribution in [0, 0.1) is 5.92 Å². The highest BCUT2D eigenvalue weighted by molar-refractivity contribution is 5.84. The molecule has 0 spiro atoms. The number of piperidine rings is 1. The zero-order valence-corrected chi connectivity index (χ0v) is 18.5. The van der Waals surface area contributed by atoms with E-state index in [2.05, 4.69) is 29.6 Å². The third-order valence-corrected chi connectivity index (χ3v) is 7.45. The molecule has 6 heteroatoms.